The topological polar surface area (TPSA) is 32.3 Å². The molecule has 1 amide bonds. The summed E-state index contributed by atoms with van der Waals surface area (Å²) in [4.78, 5) is 14.6. The summed E-state index contributed by atoms with van der Waals surface area (Å²) in [5, 5.41) is 3.05. The molecule has 0 spiro atoms. The van der Waals surface area contributed by atoms with Gasteiger partial charge in [-0.1, -0.05) is 32.4 Å². The summed E-state index contributed by atoms with van der Waals surface area (Å²) in [5.41, 5.74) is 2.05. The fourth-order valence-electron chi connectivity index (χ4n) is 2.59. The molecule has 0 bridgehead atoms. The number of hydrogen-bond donors (Lipinski definition) is 1. The third kappa shape index (κ3) is 4.85. The molecule has 0 unspecified atom stereocenters. The van der Waals surface area contributed by atoms with Crippen molar-refractivity contribution in [3.05, 3.63) is 35.4 Å². The number of hydrogen-bond acceptors (Lipinski definition) is 2. The van der Waals surface area contributed by atoms with E-state index >= 15 is 0 Å². The summed E-state index contributed by atoms with van der Waals surface area (Å²) in [6.07, 6.45) is 3.99. The number of benzene rings is 1. The smallest absolute Gasteiger partial charge is 0.251 e. The molecule has 1 N–H and O–H groups in total. The van der Waals surface area contributed by atoms with Crippen LogP contribution in [0.1, 0.15) is 56.0 Å². The number of carbonyl (C=O) groups excluding carboxylic acids is 1. The van der Waals surface area contributed by atoms with E-state index in [1.807, 2.05) is 19.1 Å². The Kier molecular flexibility index (Phi) is 5.80. The first-order chi connectivity index (χ1) is 10.1. The molecule has 2 rings (SSSR count). The zero-order chi connectivity index (χ0) is 15.2. The number of piperidine rings is 1. The van der Waals surface area contributed by atoms with Crippen molar-refractivity contribution in [2.24, 2.45) is 5.92 Å². The zero-order valence-corrected chi connectivity index (χ0v) is 13.6. The van der Waals surface area contributed by atoms with E-state index in [2.05, 4.69) is 36.2 Å². The van der Waals surface area contributed by atoms with Crippen molar-refractivity contribution in [3.63, 3.8) is 0 Å². The Hall–Kier alpha value is -1.35. The molecule has 3 heteroatoms. The first-order valence-corrected chi connectivity index (χ1v) is 8.18. The van der Waals surface area contributed by atoms with E-state index < -0.39 is 0 Å². The Bertz CT molecular complexity index is 447. The maximum absolute atomic E-state index is 12.1. The van der Waals surface area contributed by atoms with Gasteiger partial charge in [-0.05, 0) is 56.5 Å². The maximum Gasteiger partial charge on any atom is 0.251 e. The molecule has 1 aliphatic rings. The van der Waals surface area contributed by atoms with E-state index in [1.165, 1.54) is 37.9 Å². The molecule has 1 aromatic rings. The molecule has 0 aliphatic carbocycles. The highest BCUT2D eigenvalue weighted by molar-refractivity contribution is 5.94. The predicted octanol–water partition coefficient (Wildman–Crippen LogP) is 3.45. The van der Waals surface area contributed by atoms with E-state index in [0.717, 1.165) is 12.1 Å². The molecule has 0 radical (unpaired) electrons. The molecule has 0 aromatic heterocycles. The number of likely N-dealkylation sites (tertiary alicyclic amines) is 1. The van der Waals surface area contributed by atoms with Gasteiger partial charge in [-0.2, -0.15) is 0 Å². The summed E-state index contributed by atoms with van der Waals surface area (Å²) >= 11 is 0. The quantitative estimate of drug-likeness (QED) is 0.900. The van der Waals surface area contributed by atoms with Gasteiger partial charge in [-0.15, -0.1) is 0 Å². The lowest BCUT2D eigenvalue weighted by Gasteiger charge is -2.26. The van der Waals surface area contributed by atoms with Crippen molar-refractivity contribution >= 4 is 5.91 Å². The van der Waals surface area contributed by atoms with Gasteiger partial charge in [0, 0.05) is 18.2 Å². The van der Waals surface area contributed by atoms with Gasteiger partial charge in [0.15, 0.2) is 0 Å². The Morgan fingerprint density at radius 2 is 1.71 bits per heavy atom. The van der Waals surface area contributed by atoms with Crippen molar-refractivity contribution in [1.82, 2.24) is 10.2 Å². The Balaban J connectivity index is 1.90. The molecular weight excluding hydrogens is 260 g/mol. The lowest BCUT2D eigenvalue weighted by Crippen LogP contribution is -2.36. The molecule has 21 heavy (non-hydrogen) atoms. The van der Waals surface area contributed by atoms with Gasteiger partial charge in [0.25, 0.3) is 5.91 Å². The lowest BCUT2D eigenvalue weighted by atomic mass is 10.1. The van der Waals surface area contributed by atoms with Gasteiger partial charge in [-0.3, -0.25) is 9.69 Å². The number of amides is 1. The number of carbonyl (C=O) groups is 1. The molecular formula is C18H28N2O. The monoisotopic (exact) mass is 288 g/mol. The van der Waals surface area contributed by atoms with E-state index in [0.29, 0.717) is 5.92 Å². The van der Waals surface area contributed by atoms with Crippen LogP contribution >= 0.6 is 0 Å². The van der Waals surface area contributed by atoms with Crippen LogP contribution in [0.4, 0.5) is 0 Å². The fraction of sp³-hybridized carbons (Fsp3) is 0.611. The SMILES string of the molecule is CC(C)[C@@H](C)NC(=O)c1ccc(CN2CCCCC2)cc1. The molecule has 3 nitrogen and oxygen atoms in total. The summed E-state index contributed by atoms with van der Waals surface area (Å²) in [7, 11) is 0. The Morgan fingerprint density at radius 1 is 1.10 bits per heavy atom. The lowest BCUT2D eigenvalue weighted by molar-refractivity contribution is 0.0930. The van der Waals surface area contributed by atoms with E-state index in [1.54, 1.807) is 0 Å². The van der Waals surface area contributed by atoms with Crippen molar-refractivity contribution in [2.75, 3.05) is 13.1 Å². The van der Waals surface area contributed by atoms with E-state index in [9.17, 15) is 4.79 Å². The van der Waals surface area contributed by atoms with Gasteiger partial charge in [0.1, 0.15) is 0 Å². The van der Waals surface area contributed by atoms with Gasteiger partial charge in [0.2, 0.25) is 0 Å². The highest BCUT2D eigenvalue weighted by Gasteiger charge is 2.13. The minimum absolute atomic E-state index is 0.0284. The molecule has 1 saturated heterocycles. The van der Waals surface area contributed by atoms with Crippen LogP contribution in [-0.2, 0) is 6.54 Å². The van der Waals surface area contributed by atoms with Crippen LogP contribution in [-0.4, -0.2) is 29.9 Å². The first-order valence-electron chi connectivity index (χ1n) is 8.18. The molecule has 116 valence electrons. The molecule has 1 aliphatic heterocycles. The average Bonchev–Trinajstić information content (AvgIpc) is 2.48. The van der Waals surface area contributed by atoms with Gasteiger partial charge in [0.05, 0.1) is 0 Å². The van der Waals surface area contributed by atoms with Crippen molar-refractivity contribution < 1.29 is 4.79 Å². The third-order valence-electron chi connectivity index (χ3n) is 4.43. The van der Waals surface area contributed by atoms with Gasteiger partial charge < -0.3 is 5.32 Å². The minimum atomic E-state index is 0.0284. The predicted molar refractivity (Wildman–Crippen MR) is 87.3 cm³/mol. The number of nitrogens with one attached hydrogen (secondary N) is 1. The zero-order valence-electron chi connectivity index (χ0n) is 13.6. The summed E-state index contributed by atoms with van der Waals surface area (Å²) in [6.45, 7) is 9.69. The summed E-state index contributed by atoms with van der Waals surface area (Å²) < 4.78 is 0. The standard InChI is InChI=1S/C18H28N2O/c1-14(2)15(3)19-18(21)17-9-7-16(8-10-17)13-20-11-5-4-6-12-20/h7-10,14-15H,4-6,11-13H2,1-3H3,(H,19,21)/t15-/m1/s1. The fourth-order valence-corrected chi connectivity index (χ4v) is 2.59. The molecule has 1 heterocycles. The van der Waals surface area contributed by atoms with Crippen LogP contribution in [0.3, 0.4) is 0 Å². The Labute approximate surface area is 128 Å². The van der Waals surface area contributed by atoms with E-state index in [4.69, 9.17) is 0 Å². The molecule has 1 atom stereocenters. The van der Waals surface area contributed by atoms with Gasteiger partial charge >= 0.3 is 0 Å². The molecule has 0 saturated carbocycles. The van der Waals surface area contributed by atoms with Crippen molar-refractivity contribution in [1.29, 1.82) is 0 Å². The van der Waals surface area contributed by atoms with Crippen LogP contribution in [0.2, 0.25) is 0 Å². The summed E-state index contributed by atoms with van der Waals surface area (Å²) in [5.74, 6) is 0.480. The average molecular weight is 288 g/mol. The second-order valence-corrected chi connectivity index (χ2v) is 6.54. The molecule has 1 fully saturated rings. The number of nitrogens with zero attached hydrogens (tertiary/aromatic N) is 1. The number of rotatable bonds is 5. The van der Waals surface area contributed by atoms with Crippen LogP contribution in [0.5, 0.6) is 0 Å². The highest BCUT2D eigenvalue weighted by atomic mass is 16.1. The maximum atomic E-state index is 12.1. The molecule has 1 aromatic carbocycles. The van der Waals surface area contributed by atoms with Crippen LogP contribution in [0, 0.1) is 5.92 Å². The normalized spacial score (nSPS) is 17.7. The second kappa shape index (κ2) is 7.60. The second-order valence-electron chi connectivity index (χ2n) is 6.54. The minimum Gasteiger partial charge on any atom is -0.349 e. The first kappa shape index (κ1) is 16.0. The van der Waals surface area contributed by atoms with E-state index in [-0.39, 0.29) is 11.9 Å². The van der Waals surface area contributed by atoms with Gasteiger partial charge in [-0.25, -0.2) is 0 Å². The largest absolute Gasteiger partial charge is 0.349 e. The third-order valence-corrected chi connectivity index (χ3v) is 4.43. The van der Waals surface area contributed by atoms with Crippen LogP contribution in [0.25, 0.3) is 0 Å². The van der Waals surface area contributed by atoms with Crippen LogP contribution < -0.4 is 5.32 Å². The van der Waals surface area contributed by atoms with Crippen molar-refractivity contribution in [2.45, 2.75) is 52.6 Å². The highest BCUT2D eigenvalue weighted by Crippen LogP contribution is 2.14. The Morgan fingerprint density at radius 3 is 2.29 bits per heavy atom. The van der Waals surface area contributed by atoms with Crippen LogP contribution in [0.15, 0.2) is 24.3 Å². The van der Waals surface area contributed by atoms with Crippen molar-refractivity contribution in [3.8, 4) is 0 Å². The summed E-state index contributed by atoms with van der Waals surface area (Å²) in [6, 6.07) is 8.27.